The first kappa shape index (κ1) is 30.1. The average molecular weight is 634 g/mol. The highest BCUT2D eigenvalue weighted by molar-refractivity contribution is 9.10. The molecular formula is C28H29BrF5NO5. The summed E-state index contributed by atoms with van der Waals surface area (Å²) in [6.45, 7) is 6.16. The number of rotatable bonds is 8. The van der Waals surface area contributed by atoms with E-state index in [1.165, 1.54) is 0 Å². The van der Waals surface area contributed by atoms with Crippen LogP contribution in [-0.4, -0.2) is 29.9 Å². The fourth-order valence-corrected chi connectivity index (χ4v) is 5.06. The summed E-state index contributed by atoms with van der Waals surface area (Å²) < 4.78 is 83.2. The Bertz CT molecular complexity index is 1290. The molecule has 0 radical (unpaired) electrons. The van der Waals surface area contributed by atoms with E-state index in [-0.39, 0.29) is 41.2 Å². The highest BCUT2D eigenvalue weighted by Gasteiger charge is 2.47. The van der Waals surface area contributed by atoms with E-state index >= 15 is 0 Å². The second kappa shape index (κ2) is 10.8. The van der Waals surface area contributed by atoms with E-state index in [1.54, 1.807) is 39.0 Å². The molecule has 2 aromatic rings. The van der Waals surface area contributed by atoms with Crippen molar-refractivity contribution in [2.24, 2.45) is 11.8 Å². The van der Waals surface area contributed by atoms with E-state index in [0.29, 0.717) is 4.47 Å². The van der Waals surface area contributed by atoms with Gasteiger partial charge in [0.2, 0.25) is 5.91 Å². The van der Waals surface area contributed by atoms with Crippen molar-refractivity contribution in [1.82, 2.24) is 0 Å². The molecule has 1 aliphatic carbocycles. The van der Waals surface area contributed by atoms with Gasteiger partial charge in [0.05, 0.1) is 23.9 Å². The SMILES string of the molecule is CC(C(C(=O)Nc1cc(C(CC(=O)OC(C)(C)C)C2CC2)ccc1Br)c1ccc2c(c1)OC(F)(F)O2)C(F)(F)F. The third-order valence-electron chi connectivity index (χ3n) is 6.76. The lowest BCUT2D eigenvalue weighted by Crippen LogP contribution is -2.34. The molecule has 6 nitrogen and oxygen atoms in total. The molecule has 0 aromatic heterocycles. The lowest BCUT2D eigenvalue weighted by molar-refractivity contribution is -0.286. The van der Waals surface area contributed by atoms with Crippen molar-refractivity contribution in [2.45, 2.75) is 76.9 Å². The molecule has 0 saturated heterocycles. The van der Waals surface area contributed by atoms with Crippen molar-refractivity contribution in [1.29, 1.82) is 0 Å². The fourth-order valence-electron chi connectivity index (χ4n) is 4.71. The fraction of sp³-hybridized carbons (Fsp3) is 0.500. The summed E-state index contributed by atoms with van der Waals surface area (Å²) in [6.07, 6.45) is -6.78. The first-order chi connectivity index (χ1) is 18.4. The van der Waals surface area contributed by atoms with Gasteiger partial charge in [0.15, 0.2) is 11.5 Å². The van der Waals surface area contributed by atoms with E-state index < -0.39 is 41.6 Å². The largest absolute Gasteiger partial charge is 0.586 e. The van der Waals surface area contributed by atoms with E-state index in [0.717, 1.165) is 43.5 Å². The van der Waals surface area contributed by atoms with Gasteiger partial charge in [-0.3, -0.25) is 9.59 Å². The van der Waals surface area contributed by atoms with Gasteiger partial charge in [-0.15, -0.1) is 8.78 Å². The summed E-state index contributed by atoms with van der Waals surface area (Å²) in [7, 11) is 0. The Kier molecular flexibility index (Phi) is 8.14. The van der Waals surface area contributed by atoms with Crippen LogP contribution in [0.4, 0.5) is 27.6 Å². The van der Waals surface area contributed by atoms with Crippen molar-refractivity contribution in [2.75, 3.05) is 5.32 Å². The summed E-state index contributed by atoms with van der Waals surface area (Å²) in [5, 5.41) is 2.57. The number of nitrogens with one attached hydrogen (secondary N) is 1. The van der Waals surface area contributed by atoms with E-state index in [9.17, 15) is 31.5 Å². The number of benzene rings is 2. The molecule has 0 spiro atoms. The first-order valence-electron chi connectivity index (χ1n) is 12.7. The third-order valence-corrected chi connectivity index (χ3v) is 7.45. The Hall–Kier alpha value is -2.89. The molecule has 2 aliphatic rings. The molecule has 1 N–H and O–H groups in total. The molecule has 1 amide bonds. The van der Waals surface area contributed by atoms with Gasteiger partial charge in [0.1, 0.15) is 5.60 Å². The third kappa shape index (κ3) is 7.24. The lowest BCUT2D eigenvalue weighted by Gasteiger charge is -2.26. The number of fused-ring (bicyclic) bond motifs is 1. The maximum absolute atomic E-state index is 13.9. The first-order valence-corrected chi connectivity index (χ1v) is 13.5. The summed E-state index contributed by atoms with van der Waals surface area (Å²) in [5.74, 6) is -6.09. The molecule has 40 heavy (non-hydrogen) atoms. The molecule has 1 heterocycles. The van der Waals surface area contributed by atoms with Crippen LogP contribution in [0.2, 0.25) is 0 Å². The normalized spacial score (nSPS) is 18.6. The molecule has 4 rings (SSSR count). The zero-order valence-electron chi connectivity index (χ0n) is 22.2. The van der Waals surface area contributed by atoms with Gasteiger partial charge in [-0.05, 0) is 96.8 Å². The van der Waals surface area contributed by atoms with Gasteiger partial charge in [0, 0.05) is 4.47 Å². The van der Waals surface area contributed by atoms with Crippen LogP contribution in [0.1, 0.15) is 69.9 Å². The number of amides is 1. The Morgan fingerprint density at radius 2 is 1.68 bits per heavy atom. The summed E-state index contributed by atoms with van der Waals surface area (Å²) in [4.78, 5) is 26.0. The van der Waals surface area contributed by atoms with Crippen molar-refractivity contribution in [3.8, 4) is 11.5 Å². The lowest BCUT2D eigenvalue weighted by atomic mass is 9.85. The Morgan fingerprint density at radius 1 is 1.05 bits per heavy atom. The minimum atomic E-state index is -4.77. The number of carbonyl (C=O) groups is 2. The molecule has 3 atom stereocenters. The van der Waals surface area contributed by atoms with E-state index in [4.69, 9.17) is 4.74 Å². The average Bonchev–Trinajstić information content (AvgIpc) is 3.59. The molecule has 12 heteroatoms. The molecular weight excluding hydrogens is 605 g/mol. The van der Waals surface area contributed by atoms with Crippen LogP contribution in [0.15, 0.2) is 40.9 Å². The van der Waals surface area contributed by atoms with Crippen LogP contribution in [0.25, 0.3) is 0 Å². The van der Waals surface area contributed by atoms with Crippen LogP contribution in [0.5, 0.6) is 11.5 Å². The number of halogens is 6. The van der Waals surface area contributed by atoms with Crippen molar-refractivity contribution < 1.29 is 45.8 Å². The molecule has 1 aliphatic heterocycles. The molecule has 1 saturated carbocycles. The van der Waals surface area contributed by atoms with Gasteiger partial charge >= 0.3 is 18.4 Å². The van der Waals surface area contributed by atoms with Gasteiger partial charge in [-0.25, -0.2) is 0 Å². The monoisotopic (exact) mass is 633 g/mol. The molecule has 1 fully saturated rings. The number of carbonyl (C=O) groups excluding carboxylic acids is 2. The standard InChI is InChI=1S/C28H29BrF5NO5/c1-14(27(30,31)32)24(17-8-10-21-22(12-17)39-28(33,34)38-21)25(37)35-20-11-16(7-9-19(20)29)18(15-5-6-15)13-23(36)40-26(2,3)4/h7-12,14-15,18,24H,5-6,13H2,1-4H3,(H,35,37). The second-order valence-electron chi connectivity index (χ2n) is 11.1. The predicted molar refractivity (Wildman–Crippen MR) is 139 cm³/mol. The quantitative estimate of drug-likeness (QED) is 0.236. The van der Waals surface area contributed by atoms with Crippen LogP contribution in [0.3, 0.4) is 0 Å². The number of esters is 1. The minimum Gasteiger partial charge on any atom is -0.460 e. The maximum Gasteiger partial charge on any atom is 0.586 e. The molecule has 218 valence electrons. The van der Waals surface area contributed by atoms with Crippen LogP contribution < -0.4 is 14.8 Å². The van der Waals surface area contributed by atoms with Crippen LogP contribution in [0, 0.1) is 11.8 Å². The second-order valence-corrected chi connectivity index (χ2v) is 12.0. The summed E-state index contributed by atoms with van der Waals surface area (Å²) >= 11 is 3.34. The van der Waals surface area contributed by atoms with Gasteiger partial charge in [-0.2, -0.15) is 13.2 Å². The summed E-state index contributed by atoms with van der Waals surface area (Å²) in [6, 6.07) is 8.21. The van der Waals surface area contributed by atoms with Gasteiger partial charge < -0.3 is 19.5 Å². The predicted octanol–water partition coefficient (Wildman–Crippen LogP) is 7.92. The highest BCUT2D eigenvalue weighted by Crippen LogP contribution is 2.47. The zero-order valence-corrected chi connectivity index (χ0v) is 23.8. The minimum absolute atomic E-state index is 0.118. The number of hydrogen-bond donors (Lipinski definition) is 1. The van der Waals surface area contributed by atoms with Crippen molar-refractivity contribution >= 4 is 33.5 Å². The summed E-state index contributed by atoms with van der Waals surface area (Å²) in [5.41, 5.74) is 0.121. The van der Waals surface area contributed by atoms with Crippen molar-refractivity contribution in [3.05, 3.63) is 52.0 Å². The van der Waals surface area contributed by atoms with E-state index in [1.807, 2.05) is 0 Å². The molecule has 3 unspecified atom stereocenters. The van der Waals surface area contributed by atoms with E-state index in [2.05, 4.69) is 30.7 Å². The number of hydrogen-bond acceptors (Lipinski definition) is 5. The smallest absolute Gasteiger partial charge is 0.460 e. The number of ether oxygens (including phenoxy) is 3. The van der Waals surface area contributed by atoms with Gasteiger partial charge in [-0.1, -0.05) is 19.1 Å². The molecule has 2 aromatic carbocycles. The topological polar surface area (TPSA) is 73.9 Å². The Balaban J connectivity index is 1.62. The molecule has 0 bridgehead atoms. The highest BCUT2D eigenvalue weighted by atomic mass is 79.9. The van der Waals surface area contributed by atoms with Crippen LogP contribution >= 0.6 is 15.9 Å². The zero-order chi connectivity index (χ0) is 29.6. The Labute approximate surface area is 236 Å². The number of alkyl halides is 5. The number of anilines is 1. The van der Waals surface area contributed by atoms with Crippen LogP contribution in [-0.2, 0) is 14.3 Å². The van der Waals surface area contributed by atoms with Crippen molar-refractivity contribution in [3.63, 3.8) is 0 Å². The van der Waals surface area contributed by atoms with Gasteiger partial charge in [0.25, 0.3) is 0 Å². The Morgan fingerprint density at radius 3 is 2.27 bits per heavy atom. The maximum atomic E-state index is 13.9.